The smallest absolute Gasteiger partial charge is 0.408 e. The van der Waals surface area contributed by atoms with Crippen LogP contribution in [0.3, 0.4) is 0 Å². The number of fused-ring (bicyclic) bond motifs is 1. The van der Waals surface area contributed by atoms with E-state index < -0.39 is 74.9 Å². The number of likely N-dealkylation sites (N-methyl/N-ethyl adjacent to an activating group) is 2. The molecule has 5 amide bonds. The molecular formula is C48H57N7O10S. The molecule has 1 saturated carbocycles. The van der Waals surface area contributed by atoms with Crippen molar-refractivity contribution >= 4 is 50.6 Å². The Morgan fingerprint density at radius 2 is 1.67 bits per heavy atom. The second kappa shape index (κ2) is 19.8. The van der Waals surface area contributed by atoms with Gasteiger partial charge in [-0.1, -0.05) is 60.7 Å². The number of hydrogen-bond donors (Lipinski definition) is 3. The number of carbonyl (C=O) groups excluding carboxylic acids is 4. The number of hydrogen-bond acceptors (Lipinski definition) is 11. The van der Waals surface area contributed by atoms with Crippen LogP contribution in [0.25, 0.3) is 22.2 Å². The van der Waals surface area contributed by atoms with Crippen LogP contribution in [0.15, 0.2) is 115 Å². The zero-order chi connectivity index (χ0) is 48.1. The van der Waals surface area contributed by atoms with Crippen molar-refractivity contribution in [2.24, 2.45) is 5.92 Å². The van der Waals surface area contributed by atoms with Gasteiger partial charge in [0.1, 0.15) is 35.2 Å². The van der Waals surface area contributed by atoms with Crippen LogP contribution in [0.4, 0.5) is 4.79 Å². The summed E-state index contributed by atoms with van der Waals surface area (Å²) in [5.74, 6) is -2.83. The number of nitrogens with zero attached hydrogens (tertiary/aromatic N) is 5. The predicted octanol–water partition coefficient (Wildman–Crippen LogP) is 4.55. The van der Waals surface area contributed by atoms with Crippen LogP contribution in [0.2, 0.25) is 0 Å². The highest BCUT2D eigenvalue weighted by atomic mass is 32.2. The molecule has 1 saturated heterocycles. The van der Waals surface area contributed by atoms with Crippen LogP contribution >= 0.6 is 0 Å². The van der Waals surface area contributed by atoms with E-state index in [1.165, 1.54) is 60.4 Å². The highest BCUT2D eigenvalue weighted by Crippen LogP contribution is 2.45. The number of ether oxygens (including phenoxy) is 2. The Balaban J connectivity index is 1.40. The number of aromatic nitrogens is 1. The molecule has 2 heterocycles. The summed E-state index contributed by atoms with van der Waals surface area (Å²) in [6.45, 7) is 8.48. The maximum atomic E-state index is 15.2. The Kier molecular flexibility index (Phi) is 14.6. The third-order valence-corrected chi connectivity index (χ3v) is 12.9. The van der Waals surface area contributed by atoms with Crippen molar-refractivity contribution in [2.45, 2.75) is 67.8 Å². The lowest BCUT2D eigenvalue weighted by molar-refractivity contribution is -0.145. The Labute approximate surface area is 385 Å². The van der Waals surface area contributed by atoms with Crippen LogP contribution < -0.4 is 19.5 Å². The minimum atomic E-state index is -4.36. The average Bonchev–Trinajstić information content (AvgIpc) is 3.83. The maximum Gasteiger partial charge on any atom is 0.408 e. The maximum absolute atomic E-state index is 15.2. The number of methoxy groups -OCH3 is 1. The fourth-order valence-electron chi connectivity index (χ4n) is 8.11. The van der Waals surface area contributed by atoms with Gasteiger partial charge in [-0.3, -0.25) is 24.1 Å². The van der Waals surface area contributed by atoms with Gasteiger partial charge in [-0.05, 0) is 65.6 Å². The zero-order valence-corrected chi connectivity index (χ0v) is 38.9. The highest BCUT2D eigenvalue weighted by molar-refractivity contribution is 7.90. The van der Waals surface area contributed by atoms with Crippen LogP contribution in [0.1, 0.15) is 33.6 Å². The molecule has 1 aliphatic carbocycles. The number of nitrogens with one attached hydrogen (secondary N) is 2. The summed E-state index contributed by atoms with van der Waals surface area (Å²) in [6, 6.07) is 20.8. The molecule has 3 N–H and O–H groups in total. The fraction of sp³-hybridized carbons (Fsp3) is 0.375. The normalized spacial score (nSPS) is 19.8. The first kappa shape index (κ1) is 48.7. The Bertz CT molecular complexity index is 2620. The highest BCUT2D eigenvalue weighted by Gasteiger charge is 2.61. The summed E-state index contributed by atoms with van der Waals surface area (Å²) in [5, 5.41) is 14.0. The molecular weight excluding hydrogens is 867 g/mol. The molecule has 6 rings (SSSR count). The van der Waals surface area contributed by atoms with Gasteiger partial charge in [-0.15, -0.1) is 6.58 Å². The number of carbonyl (C=O) groups is 5. The van der Waals surface area contributed by atoms with Crippen LogP contribution in [0, 0.1) is 5.92 Å². The number of sulfonamides is 1. The Morgan fingerprint density at radius 3 is 2.26 bits per heavy atom. The van der Waals surface area contributed by atoms with Gasteiger partial charge >= 0.3 is 6.09 Å². The van der Waals surface area contributed by atoms with Gasteiger partial charge in [0.25, 0.3) is 15.9 Å². The Hall–Kier alpha value is -6.79. The number of benzene rings is 3. The first-order valence-electron chi connectivity index (χ1n) is 21.4. The van der Waals surface area contributed by atoms with E-state index in [9.17, 15) is 32.7 Å². The lowest BCUT2D eigenvalue weighted by Crippen LogP contribution is -2.63. The molecule has 18 heteroatoms. The molecule has 0 unspecified atom stereocenters. The van der Waals surface area contributed by atoms with E-state index in [4.69, 9.17) is 14.5 Å². The van der Waals surface area contributed by atoms with Crippen LogP contribution in [-0.4, -0.2) is 145 Å². The van der Waals surface area contributed by atoms with Gasteiger partial charge in [0, 0.05) is 60.6 Å². The van der Waals surface area contributed by atoms with Gasteiger partial charge in [0.15, 0.2) is 0 Å². The summed E-state index contributed by atoms with van der Waals surface area (Å²) in [7, 11) is 2.30. The number of likely N-dealkylation sites (tertiary alicyclic amines) is 1. The van der Waals surface area contributed by atoms with Crippen molar-refractivity contribution in [1.82, 2.24) is 34.6 Å². The van der Waals surface area contributed by atoms with E-state index in [0.717, 1.165) is 10.5 Å². The lowest BCUT2D eigenvalue weighted by atomic mass is 10.0. The molecule has 4 aromatic rings. The number of rotatable bonds is 17. The van der Waals surface area contributed by atoms with E-state index in [1.54, 1.807) is 57.2 Å². The number of pyridine rings is 1. The largest absolute Gasteiger partial charge is 0.497 e. The van der Waals surface area contributed by atoms with Gasteiger partial charge in [0.2, 0.25) is 17.7 Å². The molecule has 350 valence electrons. The summed E-state index contributed by atoms with van der Waals surface area (Å²) >= 11 is 0. The molecule has 0 radical (unpaired) electrons. The topological polar surface area (TPSA) is 208 Å². The van der Waals surface area contributed by atoms with Crippen LogP contribution in [-0.2, 0) is 29.2 Å². The van der Waals surface area contributed by atoms with E-state index in [2.05, 4.69) is 16.6 Å². The van der Waals surface area contributed by atoms with E-state index in [1.807, 2.05) is 49.3 Å². The third kappa shape index (κ3) is 10.8. The first-order chi connectivity index (χ1) is 31.2. The third-order valence-electron chi connectivity index (χ3n) is 11.6. The van der Waals surface area contributed by atoms with Crippen molar-refractivity contribution in [1.29, 1.82) is 0 Å². The van der Waals surface area contributed by atoms with Gasteiger partial charge in [-0.2, -0.15) is 0 Å². The number of carboxylic acid groups (broad SMARTS) is 1. The molecule has 0 bridgehead atoms. The number of amides is 5. The lowest BCUT2D eigenvalue weighted by Gasteiger charge is -2.42. The van der Waals surface area contributed by atoms with Crippen molar-refractivity contribution in [3.63, 3.8) is 0 Å². The first-order valence-corrected chi connectivity index (χ1v) is 22.8. The summed E-state index contributed by atoms with van der Waals surface area (Å²) in [6.07, 6.45) is 1.98. The van der Waals surface area contributed by atoms with Gasteiger partial charge in [0.05, 0.1) is 36.3 Å². The molecule has 66 heavy (non-hydrogen) atoms. The summed E-state index contributed by atoms with van der Waals surface area (Å²) in [4.78, 5) is 80.5. The fourth-order valence-corrected chi connectivity index (χ4v) is 9.17. The van der Waals surface area contributed by atoms with Crippen molar-refractivity contribution in [2.75, 3.05) is 47.9 Å². The molecule has 0 spiro atoms. The standard InChI is InChI=1S/C48H57N7O10S/c1-9-32-28-48(32,45(59)51-66(62,63)35-19-14-11-15-20-35)50-43(57)39-26-34(65-41-27-37(31-17-12-10-13-18-31)49-38-25-33(64-8)22-23-36(38)41)29-54(39)44(58)40(55(46(60)61)47(2,3)4)30-53(7)42(56)21-16-24-52(5)6/h9-23,25,27,32,34,39-40H,1,24,26,28-30H2,2-8H3,(H,50,57)(H,51,59)(H,60,61)/b21-16+/t32-,34-,39+,40+,48-/m1/s1. The van der Waals surface area contributed by atoms with Gasteiger partial charge in [-0.25, -0.2) is 22.9 Å². The van der Waals surface area contributed by atoms with E-state index in [0.29, 0.717) is 34.6 Å². The molecule has 1 aromatic heterocycles. The summed E-state index contributed by atoms with van der Waals surface area (Å²) < 4.78 is 41.0. The second-order valence-corrected chi connectivity index (χ2v) is 19.4. The van der Waals surface area contributed by atoms with Crippen molar-refractivity contribution in [3.05, 3.63) is 110 Å². The quantitative estimate of drug-likeness (QED) is 0.0986. The molecule has 17 nitrogen and oxygen atoms in total. The molecule has 5 atom stereocenters. The monoisotopic (exact) mass is 923 g/mol. The molecule has 3 aromatic carbocycles. The van der Waals surface area contributed by atoms with E-state index in [-0.39, 0.29) is 30.8 Å². The van der Waals surface area contributed by atoms with Crippen molar-refractivity contribution < 1.29 is 47.0 Å². The second-order valence-electron chi connectivity index (χ2n) is 17.7. The molecule has 2 fully saturated rings. The van der Waals surface area contributed by atoms with Gasteiger partial charge < -0.3 is 34.6 Å². The molecule has 1 aliphatic heterocycles. The van der Waals surface area contributed by atoms with Crippen molar-refractivity contribution in [3.8, 4) is 22.8 Å². The minimum Gasteiger partial charge on any atom is -0.497 e. The average molecular weight is 924 g/mol. The summed E-state index contributed by atoms with van der Waals surface area (Å²) in [5.41, 5.74) is -1.01. The predicted molar refractivity (Wildman–Crippen MR) is 248 cm³/mol. The Morgan fingerprint density at radius 1 is 1.00 bits per heavy atom. The van der Waals surface area contributed by atoms with Crippen LogP contribution in [0.5, 0.6) is 11.5 Å². The minimum absolute atomic E-state index is 0.0153. The zero-order valence-electron chi connectivity index (χ0n) is 38.1. The molecule has 2 aliphatic rings. The van der Waals surface area contributed by atoms with E-state index >= 15 is 4.79 Å². The SMILES string of the molecule is C=C[C@@H]1C[C@]1(NC(=O)[C@@H]1C[C@@H](Oc2cc(-c3ccccc3)nc3cc(OC)ccc23)CN1C(=O)[C@H](CN(C)C(=O)/C=C/CN(C)C)N(C(=O)O)C(C)(C)C)C(=O)NS(=O)(=O)c1ccccc1.